The molecule has 0 aliphatic heterocycles. The standard InChI is InChI=1S/C13H16O3/c1-3-9-4-5-12(13(6-9)15-2)16-11-7-10(14)8-11/h4-6,11H,3,7-8H2,1-2H3. The molecule has 0 amide bonds. The van der Waals surface area contributed by atoms with E-state index in [0.29, 0.717) is 12.8 Å². The Kier molecular flexibility index (Phi) is 3.13. The van der Waals surface area contributed by atoms with Crippen molar-refractivity contribution in [1.29, 1.82) is 0 Å². The first-order valence-electron chi connectivity index (χ1n) is 5.58. The van der Waals surface area contributed by atoms with E-state index in [1.54, 1.807) is 7.11 Å². The summed E-state index contributed by atoms with van der Waals surface area (Å²) < 4.78 is 11.0. The lowest BCUT2D eigenvalue weighted by atomic mass is 9.94. The molecule has 1 aliphatic rings. The Hall–Kier alpha value is -1.51. The lowest BCUT2D eigenvalue weighted by Crippen LogP contribution is -2.33. The number of methoxy groups -OCH3 is 1. The minimum absolute atomic E-state index is 0.0360. The predicted octanol–water partition coefficient (Wildman–Crippen LogP) is 2.37. The molecular weight excluding hydrogens is 204 g/mol. The molecule has 2 rings (SSSR count). The first kappa shape index (κ1) is 11.0. The highest BCUT2D eigenvalue weighted by Gasteiger charge is 2.29. The second kappa shape index (κ2) is 4.56. The van der Waals surface area contributed by atoms with Crippen molar-refractivity contribution in [3.05, 3.63) is 23.8 Å². The van der Waals surface area contributed by atoms with Crippen molar-refractivity contribution in [2.24, 2.45) is 0 Å². The van der Waals surface area contributed by atoms with Crippen molar-refractivity contribution in [2.45, 2.75) is 32.3 Å². The molecule has 0 unspecified atom stereocenters. The second-order valence-electron chi connectivity index (χ2n) is 4.03. The zero-order valence-electron chi connectivity index (χ0n) is 9.66. The van der Waals surface area contributed by atoms with Gasteiger partial charge in [0.1, 0.15) is 11.9 Å². The van der Waals surface area contributed by atoms with Gasteiger partial charge in [0.15, 0.2) is 11.5 Å². The average Bonchev–Trinajstić information content (AvgIpc) is 2.27. The van der Waals surface area contributed by atoms with Crippen LogP contribution >= 0.6 is 0 Å². The number of carbonyl (C=O) groups is 1. The number of benzene rings is 1. The van der Waals surface area contributed by atoms with Gasteiger partial charge in [-0.15, -0.1) is 0 Å². The summed E-state index contributed by atoms with van der Waals surface area (Å²) in [6.45, 7) is 2.10. The summed E-state index contributed by atoms with van der Waals surface area (Å²) in [5.74, 6) is 1.75. The van der Waals surface area contributed by atoms with Crippen molar-refractivity contribution in [3.63, 3.8) is 0 Å². The molecule has 0 saturated heterocycles. The Labute approximate surface area is 95.4 Å². The number of ketones is 1. The highest BCUT2D eigenvalue weighted by Crippen LogP contribution is 2.32. The van der Waals surface area contributed by atoms with E-state index < -0.39 is 0 Å². The summed E-state index contributed by atoms with van der Waals surface area (Å²) in [6.07, 6.45) is 2.06. The normalized spacial score (nSPS) is 15.8. The third-order valence-corrected chi connectivity index (χ3v) is 2.84. The van der Waals surface area contributed by atoms with Crippen LogP contribution in [-0.2, 0) is 11.2 Å². The van der Waals surface area contributed by atoms with Crippen LogP contribution < -0.4 is 9.47 Å². The highest BCUT2D eigenvalue weighted by atomic mass is 16.5. The monoisotopic (exact) mass is 220 g/mol. The van der Waals surface area contributed by atoms with Crippen LogP contribution in [0.25, 0.3) is 0 Å². The van der Waals surface area contributed by atoms with Gasteiger partial charge >= 0.3 is 0 Å². The lowest BCUT2D eigenvalue weighted by Gasteiger charge is -2.26. The molecular formula is C13H16O3. The molecule has 0 N–H and O–H groups in total. The Morgan fingerprint density at radius 1 is 1.31 bits per heavy atom. The van der Waals surface area contributed by atoms with Crippen LogP contribution in [0.4, 0.5) is 0 Å². The van der Waals surface area contributed by atoms with E-state index in [9.17, 15) is 4.79 Å². The zero-order chi connectivity index (χ0) is 11.5. The lowest BCUT2D eigenvalue weighted by molar-refractivity contribution is -0.129. The van der Waals surface area contributed by atoms with Gasteiger partial charge in [-0.25, -0.2) is 0 Å². The van der Waals surface area contributed by atoms with Crippen LogP contribution in [0.15, 0.2) is 18.2 Å². The van der Waals surface area contributed by atoms with Crippen molar-refractivity contribution < 1.29 is 14.3 Å². The predicted molar refractivity (Wildman–Crippen MR) is 61.0 cm³/mol. The van der Waals surface area contributed by atoms with Crippen molar-refractivity contribution in [1.82, 2.24) is 0 Å². The van der Waals surface area contributed by atoms with E-state index in [-0.39, 0.29) is 11.9 Å². The third-order valence-electron chi connectivity index (χ3n) is 2.84. The van der Waals surface area contributed by atoms with Gasteiger partial charge in [0.25, 0.3) is 0 Å². The van der Waals surface area contributed by atoms with E-state index >= 15 is 0 Å². The van der Waals surface area contributed by atoms with Crippen LogP contribution in [0.3, 0.4) is 0 Å². The van der Waals surface area contributed by atoms with Crippen LogP contribution in [0, 0.1) is 0 Å². The van der Waals surface area contributed by atoms with Crippen molar-refractivity contribution in [3.8, 4) is 11.5 Å². The fraction of sp³-hybridized carbons (Fsp3) is 0.462. The minimum Gasteiger partial charge on any atom is -0.493 e. The van der Waals surface area contributed by atoms with Crippen LogP contribution in [0.2, 0.25) is 0 Å². The van der Waals surface area contributed by atoms with E-state index in [2.05, 4.69) is 6.92 Å². The first-order chi connectivity index (χ1) is 7.72. The Bertz CT molecular complexity index is 390. The van der Waals surface area contributed by atoms with Crippen molar-refractivity contribution in [2.75, 3.05) is 7.11 Å². The number of Topliss-reactive ketones (excluding diaryl/α,β-unsaturated/α-hetero) is 1. The SMILES string of the molecule is CCc1ccc(OC2CC(=O)C2)c(OC)c1. The molecule has 3 nitrogen and oxygen atoms in total. The molecule has 1 aliphatic carbocycles. The molecule has 3 heteroatoms. The van der Waals surface area contributed by atoms with E-state index in [0.717, 1.165) is 17.9 Å². The number of aryl methyl sites for hydroxylation is 1. The maximum atomic E-state index is 10.8. The van der Waals surface area contributed by atoms with Crippen molar-refractivity contribution >= 4 is 5.78 Å². The molecule has 0 bridgehead atoms. The average molecular weight is 220 g/mol. The minimum atomic E-state index is 0.0360. The zero-order valence-corrected chi connectivity index (χ0v) is 9.66. The molecule has 86 valence electrons. The summed E-state index contributed by atoms with van der Waals surface area (Å²) in [5.41, 5.74) is 1.22. The second-order valence-corrected chi connectivity index (χ2v) is 4.03. The maximum Gasteiger partial charge on any atom is 0.161 e. The molecule has 0 heterocycles. The number of carbonyl (C=O) groups excluding carboxylic acids is 1. The molecule has 1 saturated carbocycles. The molecule has 0 atom stereocenters. The molecule has 1 aromatic rings. The summed E-state index contributed by atoms with van der Waals surface area (Å²) in [4.78, 5) is 10.8. The largest absolute Gasteiger partial charge is 0.493 e. The fourth-order valence-electron chi connectivity index (χ4n) is 1.74. The van der Waals surface area contributed by atoms with Gasteiger partial charge in [0, 0.05) is 12.8 Å². The Balaban J connectivity index is 2.10. The van der Waals surface area contributed by atoms with E-state index in [1.165, 1.54) is 5.56 Å². The van der Waals surface area contributed by atoms with Crippen LogP contribution in [-0.4, -0.2) is 19.0 Å². The third kappa shape index (κ3) is 2.18. The summed E-state index contributed by atoms with van der Waals surface area (Å²) in [6, 6.07) is 5.93. The summed E-state index contributed by atoms with van der Waals surface area (Å²) in [7, 11) is 1.63. The molecule has 16 heavy (non-hydrogen) atoms. The summed E-state index contributed by atoms with van der Waals surface area (Å²) >= 11 is 0. The number of hydrogen-bond donors (Lipinski definition) is 0. The van der Waals surface area contributed by atoms with Gasteiger partial charge in [-0.1, -0.05) is 13.0 Å². The van der Waals surface area contributed by atoms with Crippen LogP contribution in [0.1, 0.15) is 25.3 Å². The van der Waals surface area contributed by atoms with E-state index in [4.69, 9.17) is 9.47 Å². The Morgan fingerprint density at radius 3 is 2.62 bits per heavy atom. The molecule has 1 fully saturated rings. The van der Waals surface area contributed by atoms with Gasteiger partial charge in [0.05, 0.1) is 7.11 Å². The smallest absolute Gasteiger partial charge is 0.161 e. The maximum absolute atomic E-state index is 10.8. The first-order valence-corrected chi connectivity index (χ1v) is 5.58. The molecule has 1 aromatic carbocycles. The Morgan fingerprint density at radius 2 is 2.06 bits per heavy atom. The molecule has 0 aromatic heterocycles. The van der Waals surface area contributed by atoms with Gasteiger partial charge in [-0.05, 0) is 24.1 Å². The van der Waals surface area contributed by atoms with Crippen LogP contribution in [0.5, 0.6) is 11.5 Å². The number of ether oxygens (including phenoxy) is 2. The van der Waals surface area contributed by atoms with Gasteiger partial charge in [-0.2, -0.15) is 0 Å². The fourth-order valence-corrected chi connectivity index (χ4v) is 1.74. The molecule has 0 spiro atoms. The number of hydrogen-bond acceptors (Lipinski definition) is 3. The highest BCUT2D eigenvalue weighted by molar-refractivity contribution is 5.85. The number of rotatable bonds is 4. The van der Waals surface area contributed by atoms with Gasteiger partial charge < -0.3 is 9.47 Å². The van der Waals surface area contributed by atoms with Gasteiger partial charge in [0.2, 0.25) is 0 Å². The topological polar surface area (TPSA) is 35.5 Å². The van der Waals surface area contributed by atoms with E-state index in [1.807, 2.05) is 18.2 Å². The quantitative estimate of drug-likeness (QED) is 0.781. The molecule has 0 radical (unpaired) electrons. The van der Waals surface area contributed by atoms with Gasteiger partial charge in [-0.3, -0.25) is 4.79 Å². The summed E-state index contributed by atoms with van der Waals surface area (Å²) in [5, 5.41) is 0.